The summed E-state index contributed by atoms with van der Waals surface area (Å²) in [7, 11) is 3.60. The summed E-state index contributed by atoms with van der Waals surface area (Å²) in [5, 5.41) is 3.38. The molecule has 0 radical (unpaired) electrons. The molecule has 0 aromatic carbocycles. The molecule has 2 aliphatic rings. The Balaban J connectivity index is 1.91. The predicted octanol–water partition coefficient (Wildman–Crippen LogP) is 2.28. The normalized spacial score (nSPS) is 30.9. The van der Waals surface area contributed by atoms with Crippen LogP contribution in [0.25, 0.3) is 0 Å². The molecule has 4 nitrogen and oxygen atoms in total. The molecule has 0 heterocycles. The maximum absolute atomic E-state index is 12.2. The largest absolute Gasteiger partial charge is 0.468 e. The fraction of sp³-hybridized carbons (Fsp3) is 0.941. The lowest BCUT2D eigenvalue weighted by Crippen LogP contribution is -2.59. The van der Waals surface area contributed by atoms with Gasteiger partial charge in [-0.25, -0.2) is 0 Å². The second-order valence-corrected chi connectivity index (χ2v) is 7.75. The number of rotatable bonds is 7. The Bertz CT molecular complexity index is 372. The minimum absolute atomic E-state index is 0.170. The highest BCUT2D eigenvalue weighted by atomic mass is 16.5. The highest BCUT2D eigenvalue weighted by molar-refractivity contribution is 5.80. The summed E-state index contributed by atoms with van der Waals surface area (Å²) in [6.45, 7) is 7.89. The molecule has 2 rings (SSSR count). The van der Waals surface area contributed by atoms with Gasteiger partial charge in [-0.1, -0.05) is 6.42 Å². The van der Waals surface area contributed by atoms with Gasteiger partial charge in [-0.3, -0.25) is 10.1 Å². The number of fused-ring (bicyclic) bond motifs is 2. The first kappa shape index (κ1) is 16.8. The van der Waals surface area contributed by atoms with Crippen molar-refractivity contribution in [1.82, 2.24) is 10.2 Å². The van der Waals surface area contributed by atoms with E-state index in [0.29, 0.717) is 6.54 Å². The van der Waals surface area contributed by atoms with E-state index in [-0.39, 0.29) is 12.0 Å². The molecule has 21 heavy (non-hydrogen) atoms. The molecule has 0 amide bonds. The zero-order chi connectivity index (χ0) is 15.6. The van der Waals surface area contributed by atoms with Gasteiger partial charge in [0.2, 0.25) is 0 Å². The Morgan fingerprint density at radius 2 is 2.10 bits per heavy atom. The summed E-state index contributed by atoms with van der Waals surface area (Å²) < 4.78 is 5.01. The van der Waals surface area contributed by atoms with Crippen LogP contribution < -0.4 is 5.32 Å². The van der Waals surface area contributed by atoms with Crippen LogP contribution in [0.5, 0.6) is 0 Å². The number of nitrogens with zero attached hydrogens (tertiary/aromatic N) is 1. The van der Waals surface area contributed by atoms with Crippen molar-refractivity contribution >= 4 is 5.97 Å². The third kappa shape index (κ3) is 3.98. The zero-order valence-electron chi connectivity index (χ0n) is 14.3. The van der Waals surface area contributed by atoms with E-state index in [0.717, 1.165) is 24.3 Å². The second kappa shape index (κ2) is 6.66. The quantitative estimate of drug-likeness (QED) is 0.732. The molecule has 2 aliphatic carbocycles. The second-order valence-electron chi connectivity index (χ2n) is 7.75. The van der Waals surface area contributed by atoms with E-state index in [4.69, 9.17) is 4.74 Å². The third-order valence-corrected chi connectivity index (χ3v) is 5.26. The van der Waals surface area contributed by atoms with Gasteiger partial charge in [0.1, 0.15) is 5.54 Å². The van der Waals surface area contributed by atoms with Crippen LogP contribution in [0, 0.1) is 17.8 Å². The molecule has 2 saturated carbocycles. The molecule has 0 aromatic rings. The number of carbonyl (C=O) groups is 1. The number of hydrogen-bond donors (Lipinski definition) is 1. The molecular formula is C17H32N2O2. The first-order valence-corrected chi connectivity index (χ1v) is 8.38. The summed E-state index contributed by atoms with van der Waals surface area (Å²) in [5.74, 6) is 2.57. The van der Waals surface area contributed by atoms with Crippen molar-refractivity contribution < 1.29 is 9.53 Å². The monoisotopic (exact) mass is 296 g/mol. The molecule has 122 valence electrons. The first-order valence-electron chi connectivity index (χ1n) is 8.38. The predicted molar refractivity (Wildman–Crippen MR) is 85.1 cm³/mol. The molecule has 2 fully saturated rings. The van der Waals surface area contributed by atoms with Crippen molar-refractivity contribution in [3.63, 3.8) is 0 Å². The maximum Gasteiger partial charge on any atom is 0.327 e. The standard InChI is InChI=1S/C17H32N2O2/c1-12(2)18-17(3,16(20)21-5)11-19(4)10-15-9-13-6-7-14(15)8-13/h12-15,18H,6-11H2,1-5H3. The van der Waals surface area contributed by atoms with Gasteiger partial charge in [0.05, 0.1) is 7.11 Å². The molecule has 0 spiro atoms. The molecule has 4 unspecified atom stereocenters. The van der Waals surface area contributed by atoms with Gasteiger partial charge in [-0.2, -0.15) is 0 Å². The van der Waals surface area contributed by atoms with E-state index in [1.54, 1.807) is 0 Å². The van der Waals surface area contributed by atoms with E-state index in [9.17, 15) is 4.79 Å². The van der Waals surface area contributed by atoms with Crippen molar-refractivity contribution in [3.8, 4) is 0 Å². The SMILES string of the molecule is COC(=O)C(C)(CN(C)CC1CC2CCC1C2)NC(C)C. The highest BCUT2D eigenvalue weighted by Gasteiger charge is 2.41. The summed E-state index contributed by atoms with van der Waals surface area (Å²) in [5.41, 5.74) is -0.630. The van der Waals surface area contributed by atoms with Gasteiger partial charge in [0.15, 0.2) is 0 Å². The third-order valence-electron chi connectivity index (χ3n) is 5.26. The molecule has 4 atom stereocenters. The molecule has 1 N–H and O–H groups in total. The van der Waals surface area contributed by atoms with Gasteiger partial charge >= 0.3 is 5.97 Å². The number of methoxy groups -OCH3 is 1. The first-order chi connectivity index (χ1) is 9.84. The molecule has 0 aliphatic heterocycles. The van der Waals surface area contributed by atoms with E-state index in [1.165, 1.54) is 32.8 Å². The van der Waals surface area contributed by atoms with Gasteiger partial charge < -0.3 is 9.64 Å². The average molecular weight is 296 g/mol. The lowest BCUT2D eigenvalue weighted by atomic mass is 9.88. The van der Waals surface area contributed by atoms with Crippen molar-refractivity contribution in [1.29, 1.82) is 0 Å². The number of likely N-dealkylation sites (N-methyl/N-ethyl adjacent to an activating group) is 1. The van der Waals surface area contributed by atoms with Crippen LogP contribution in [0.3, 0.4) is 0 Å². The van der Waals surface area contributed by atoms with Crippen LogP contribution in [0.2, 0.25) is 0 Å². The van der Waals surface area contributed by atoms with Crippen LogP contribution in [0.1, 0.15) is 46.5 Å². The van der Waals surface area contributed by atoms with Crippen LogP contribution >= 0.6 is 0 Å². The number of esters is 1. The van der Waals surface area contributed by atoms with Crippen molar-refractivity contribution in [2.24, 2.45) is 17.8 Å². The number of carbonyl (C=O) groups excluding carboxylic acids is 1. The van der Waals surface area contributed by atoms with E-state index in [1.807, 2.05) is 6.92 Å². The lowest BCUT2D eigenvalue weighted by molar-refractivity contribution is -0.149. The van der Waals surface area contributed by atoms with Gasteiger partial charge in [-0.05, 0) is 64.8 Å². The molecule has 0 aromatic heterocycles. The summed E-state index contributed by atoms with van der Waals surface area (Å²) in [6, 6.07) is 0.255. The van der Waals surface area contributed by atoms with Crippen LogP contribution in [0.15, 0.2) is 0 Å². The summed E-state index contributed by atoms with van der Waals surface area (Å²) >= 11 is 0. The Hall–Kier alpha value is -0.610. The Kier molecular flexibility index (Phi) is 5.31. The van der Waals surface area contributed by atoms with Crippen molar-refractivity contribution in [2.75, 3.05) is 27.2 Å². The topological polar surface area (TPSA) is 41.6 Å². The lowest BCUT2D eigenvalue weighted by Gasteiger charge is -2.36. The van der Waals surface area contributed by atoms with Crippen molar-refractivity contribution in [3.05, 3.63) is 0 Å². The van der Waals surface area contributed by atoms with E-state index >= 15 is 0 Å². The molecular weight excluding hydrogens is 264 g/mol. The van der Waals surface area contributed by atoms with E-state index < -0.39 is 5.54 Å². The minimum Gasteiger partial charge on any atom is -0.468 e. The maximum atomic E-state index is 12.2. The highest BCUT2D eigenvalue weighted by Crippen LogP contribution is 2.48. The Morgan fingerprint density at radius 1 is 1.38 bits per heavy atom. The van der Waals surface area contributed by atoms with Gasteiger partial charge in [0.25, 0.3) is 0 Å². The fourth-order valence-electron chi connectivity index (χ4n) is 4.64. The summed E-state index contributed by atoms with van der Waals surface area (Å²) in [4.78, 5) is 14.5. The molecule has 0 saturated heterocycles. The molecule has 2 bridgehead atoms. The van der Waals surface area contributed by atoms with Crippen LogP contribution in [0.4, 0.5) is 0 Å². The number of nitrogens with one attached hydrogen (secondary N) is 1. The Morgan fingerprint density at radius 3 is 2.57 bits per heavy atom. The average Bonchev–Trinajstić information content (AvgIpc) is 2.98. The van der Waals surface area contributed by atoms with Crippen LogP contribution in [-0.4, -0.2) is 49.7 Å². The minimum atomic E-state index is -0.630. The number of hydrogen-bond acceptors (Lipinski definition) is 4. The van der Waals surface area contributed by atoms with E-state index in [2.05, 4.69) is 31.1 Å². The van der Waals surface area contributed by atoms with Gasteiger partial charge in [0, 0.05) is 19.1 Å². The summed E-state index contributed by atoms with van der Waals surface area (Å²) in [6.07, 6.45) is 5.69. The molecule has 4 heteroatoms. The smallest absolute Gasteiger partial charge is 0.327 e. The zero-order valence-corrected chi connectivity index (χ0v) is 14.3. The number of ether oxygens (including phenoxy) is 1. The van der Waals surface area contributed by atoms with Crippen molar-refractivity contribution in [2.45, 2.75) is 58.0 Å². The Labute approximate surface area is 129 Å². The van der Waals surface area contributed by atoms with Gasteiger partial charge in [-0.15, -0.1) is 0 Å². The van der Waals surface area contributed by atoms with Crippen LogP contribution in [-0.2, 0) is 9.53 Å². The fourth-order valence-corrected chi connectivity index (χ4v) is 4.64.